The first kappa shape index (κ1) is 11.3. The highest BCUT2D eigenvalue weighted by Gasteiger charge is 2.28. The van der Waals surface area contributed by atoms with E-state index < -0.39 is 23.9 Å². The molecule has 0 aliphatic rings. The highest BCUT2D eigenvalue weighted by atomic mass is 16.4. The topological polar surface area (TPSA) is 114 Å². The molecule has 0 saturated carbocycles. The molecule has 1 heterocycles. The minimum Gasteiger partial charge on any atom is -0.481 e. The van der Waals surface area contributed by atoms with Crippen LogP contribution in [0.2, 0.25) is 0 Å². The summed E-state index contributed by atoms with van der Waals surface area (Å²) in [5.41, 5.74) is 5.87. The lowest BCUT2D eigenvalue weighted by Gasteiger charge is -2.16. The second kappa shape index (κ2) is 4.61. The van der Waals surface area contributed by atoms with Crippen molar-refractivity contribution in [1.29, 1.82) is 0 Å². The van der Waals surface area contributed by atoms with Crippen molar-refractivity contribution in [2.75, 3.05) is 0 Å². The predicted molar refractivity (Wildman–Crippen MR) is 49.3 cm³/mol. The second-order valence-electron chi connectivity index (χ2n) is 3.13. The summed E-state index contributed by atoms with van der Waals surface area (Å²) in [6.45, 7) is 0. The average Bonchev–Trinajstić information content (AvgIpc) is 2.65. The van der Waals surface area contributed by atoms with Crippen molar-refractivity contribution in [2.45, 2.75) is 18.4 Å². The Hall–Kier alpha value is -1.82. The maximum Gasteiger partial charge on any atom is 0.321 e. The fraction of sp³-hybridized carbons (Fsp3) is 0.333. The van der Waals surface area contributed by atoms with Gasteiger partial charge in [-0.2, -0.15) is 0 Å². The van der Waals surface area contributed by atoms with Gasteiger partial charge in [0, 0.05) is 5.92 Å². The molecule has 0 spiro atoms. The largest absolute Gasteiger partial charge is 0.481 e. The van der Waals surface area contributed by atoms with Crippen LogP contribution >= 0.6 is 0 Å². The van der Waals surface area contributed by atoms with Crippen LogP contribution in [0.3, 0.4) is 0 Å². The Balaban J connectivity index is 2.88. The highest BCUT2D eigenvalue weighted by Crippen LogP contribution is 2.23. The molecule has 82 valence electrons. The van der Waals surface area contributed by atoms with Crippen LogP contribution in [0.15, 0.2) is 23.0 Å². The first-order chi connectivity index (χ1) is 7.02. The summed E-state index contributed by atoms with van der Waals surface area (Å²) < 4.78 is 4.77. The van der Waals surface area contributed by atoms with Crippen LogP contribution in [-0.4, -0.2) is 28.2 Å². The van der Waals surface area contributed by atoms with Gasteiger partial charge in [0.25, 0.3) is 0 Å². The standard InChI is InChI=1S/C9H11NO5/c10-8(9(13)14)6(3-7(11)12)5-1-2-15-4-5/h1-2,4,6,8H,3,10H2,(H,11,12)(H,13,14)/t6-,8+/m0/s1. The zero-order valence-electron chi connectivity index (χ0n) is 7.79. The van der Waals surface area contributed by atoms with Crippen molar-refractivity contribution >= 4 is 11.9 Å². The first-order valence-electron chi connectivity index (χ1n) is 4.24. The molecule has 0 bridgehead atoms. The van der Waals surface area contributed by atoms with Gasteiger partial charge >= 0.3 is 11.9 Å². The molecule has 15 heavy (non-hydrogen) atoms. The molecule has 1 rings (SSSR count). The van der Waals surface area contributed by atoms with Crippen molar-refractivity contribution < 1.29 is 24.2 Å². The third-order valence-corrected chi connectivity index (χ3v) is 2.08. The zero-order valence-corrected chi connectivity index (χ0v) is 7.79. The van der Waals surface area contributed by atoms with Crippen LogP contribution in [0.25, 0.3) is 0 Å². The summed E-state index contributed by atoms with van der Waals surface area (Å²) in [6.07, 6.45) is 2.31. The lowest BCUT2D eigenvalue weighted by atomic mass is 9.91. The molecule has 0 aliphatic heterocycles. The number of aliphatic carboxylic acids is 2. The van der Waals surface area contributed by atoms with Gasteiger partial charge in [0.1, 0.15) is 6.04 Å². The smallest absolute Gasteiger partial charge is 0.321 e. The van der Waals surface area contributed by atoms with E-state index in [2.05, 4.69) is 0 Å². The SMILES string of the molecule is N[C@@H](C(=O)O)[C@@H](CC(=O)O)c1ccoc1. The molecular weight excluding hydrogens is 202 g/mol. The van der Waals surface area contributed by atoms with E-state index in [4.69, 9.17) is 20.4 Å². The number of carboxylic acids is 2. The lowest BCUT2D eigenvalue weighted by molar-refractivity contribution is -0.140. The molecule has 0 radical (unpaired) electrons. The molecule has 0 aliphatic carbocycles. The fourth-order valence-electron chi connectivity index (χ4n) is 1.30. The molecule has 1 aromatic heterocycles. The molecule has 6 nitrogen and oxygen atoms in total. The fourth-order valence-corrected chi connectivity index (χ4v) is 1.30. The molecule has 0 amide bonds. The highest BCUT2D eigenvalue weighted by molar-refractivity contribution is 5.77. The molecule has 4 N–H and O–H groups in total. The molecule has 0 aromatic carbocycles. The van der Waals surface area contributed by atoms with Gasteiger partial charge in [0.05, 0.1) is 18.9 Å². The van der Waals surface area contributed by atoms with E-state index in [-0.39, 0.29) is 6.42 Å². The number of carboxylic acid groups (broad SMARTS) is 2. The van der Waals surface area contributed by atoms with E-state index in [1.54, 1.807) is 0 Å². The van der Waals surface area contributed by atoms with Crippen LogP contribution < -0.4 is 5.73 Å². The van der Waals surface area contributed by atoms with Crippen LogP contribution in [0, 0.1) is 0 Å². The molecule has 2 atom stereocenters. The Morgan fingerprint density at radius 1 is 1.47 bits per heavy atom. The van der Waals surface area contributed by atoms with E-state index in [1.807, 2.05) is 0 Å². The number of carbonyl (C=O) groups is 2. The molecule has 0 saturated heterocycles. The summed E-state index contributed by atoms with van der Waals surface area (Å²) in [6, 6.07) is 0.259. The summed E-state index contributed by atoms with van der Waals surface area (Å²) in [5.74, 6) is -3.11. The van der Waals surface area contributed by atoms with Crippen molar-refractivity contribution in [1.82, 2.24) is 0 Å². The lowest BCUT2D eigenvalue weighted by Crippen LogP contribution is -2.37. The van der Waals surface area contributed by atoms with Crippen LogP contribution in [-0.2, 0) is 9.59 Å². The number of rotatable bonds is 5. The minimum atomic E-state index is -1.25. The zero-order chi connectivity index (χ0) is 11.4. The Kier molecular flexibility index (Phi) is 3.46. The molecular formula is C9H11NO5. The first-order valence-corrected chi connectivity index (χ1v) is 4.24. The van der Waals surface area contributed by atoms with Gasteiger partial charge < -0.3 is 20.4 Å². The van der Waals surface area contributed by atoms with Crippen molar-refractivity contribution in [3.63, 3.8) is 0 Å². The summed E-state index contributed by atoms with van der Waals surface area (Å²) in [7, 11) is 0. The third-order valence-electron chi connectivity index (χ3n) is 2.08. The van der Waals surface area contributed by atoms with Gasteiger partial charge in [-0.15, -0.1) is 0 Å². The van der Waals surface area contributed by atoms with Crippen LogP contribution in [0.4, 0.5) is 0 Å². The van der Waals surface area contributed by atoms with Gasteiger partial charge in [-0.25, -0.2) is 0 Å². The Morgan fingerprint density at radius 3 is 2.53 bits per heavy atom. The monoisotopic (exact) mass is 213 g/mol. The Labute approximate surface area is 85.3 Å². The van der Waals surface area contributed by atoms with E-state index in [0.717, 1.165) is 0 Å². The van der Waals surface area contributed by atoms with Crippen molar-refractivity contribution in [3.8, 4) is 0 Å². The van der Waals surface area contributed by atoms with Gasteiger partial charge in [-0.3, -0.25) is 9.59 Å². The quantitative estimate of drug-likeness (QED) is 0.646. The summed E-state index contributed by atoms with van der Waals surface area (Å²) in [4.78, 5) is 21.2. The van der Waals surface area contributed by atoms with Gasteiger partial charge in [-0.1, -0.05) is 0 Å². The molecule has 0 unspecified atom stereocenters. The number of furan rings is 1. The molecule has 0 fully saturated rings. The van der Waals surface area contributed by atoms with Gasteiger partial charge in [0.2, 0.25) is 0 Å². The van der Waals surface area contributed by atoms with E-state index in [1.165, 1.54) is 18.6 Å². The second-order valence-corrected chi connectivity index (χ2v) is 3.13. The van der Waals surface area contributed by atoms with E-state index in [9.17, 15) is 9.59 Å². The van der Waals surface area contributed by atoms with Gasteiger partial charge in [-0.05, 0) is 11.6 Å². The Morgan fingerprint density at radius 2 is 2.13 bits per heavy atom. The van der Waals surface area contributed by atoms with Crippen LogP contribution in [0.1, 0.15) is 17.9 Å². The number of hydrogen-bond donors (Lipinski definition) is 3. The molecule has 6 heteroatoms. The van der Waals surface area contributed by atoms with Crippen LogP contribution in [0.5, 0.6) is 0 Å². The predicted octanol–water partition coefficient (Wildman–Crippen LogP) is 0.250. The van der Waals surface area contributed by atoms with Crippen molar-refractivity contribution in [2.24, 2.45) is 5.73 Å². The molecule has 1 aromatic rings. The third kappa shape index (κ3) is 2.81. The van der Waals surface area contributed by atoms with Crippen molar-refractivity contribution in [3.05, 3.63) is 24.2 Å². The maximum absolute atomic E-state index is 10.7. The summed E-state index contributed by atoms with van der Waals surface area (Å²) in [5, 5.41) is 17.3. The maximum atomic E-state index is 10.7. The summed E-state index contributed by atoms with van der Waals surface area (Å²) >= 11 is 0. The Bertz CT molecular complexity index is 345. The minimum absolute atomic E-state index is 0.340. The van der Waals surface area contributed by atoms with E-state index >= 15 is 0 Å². The average molecular weight is 213 g/mol. The normalized spacial score (nSPS) is 14.5. The number of nitrogens with two attached hydrogens (primary N) is 1. The van der Waals surface area contributed by atoms with E-state index in [0.29, 0.717) is 5.56 Å². The number of hydrogen-bond acceptors (Lipinski definition) is 4. The van der Waals surface area contributed by atoms with Gasteiger partial charge in [0.15, 0.2) is 0 Å².